The Morgan fingerprint density at radius 2 is 1.64 bits per heavy atom. The van der Waals surface area contributed by atoms with Crippen LogP contribution in [-0.2, 0) is 28.9 Å². The molecule has 1 atom stereocenters. The van der Waals surface area contributed by atoms with Gasteiger partial charge in [0.05, 0.1) is 17.9 Å². The minimum Gasteiger partial charge on any atom is -0.392 e. The first-order chi connectivity index (χ1) is 10.8. The molecule has 22 heavy (non-hydrogen) atoms. The Morgan fingerprint density at radius 1 is 0.909 bits per heavy atom. The minimum absolute atomic E-state index is 0.0328. The predicted molar refractivity (Wildman–Crippen MR) is 89.7 cm³/mol. The fourth-order valence-electron chi connectivity index (χ4n) is 2.44. The van der Waals surface area contributed by atoms with Gasteiger partial charge < -0.3 is 5.11 Å². The van der Waals surface area contributed by atoms with Crippen LogP contribution in [-0.4, -0.2) is 14.3 Å². The van der Waals surface area contributed by atoms with Crippen LogP contribution < -0.4 is 0 Å². The Labute approximate surface area is 132 Å². The first kappa shape index (κ1) is 14.9. The van der Waals surface area contributed by atoms with Gasteiger partial charge >= 0.3 is 0 Å². The lowest BCUT2D eigenvalue weighted by Crippen LogP contribution is -2.01. The van der Waals surface area contributed by atoms with Crippen LogP contribution in [0.5, 0.6) is 0 Å². The smallest absolute Gasteiger partial charge is 0.0743 e. The highest BCUT2D eigenvalue weighted by Gasteiger charge is 2.07. The van der Waals surface area contributed by atoms with Crippen LogP contribution in [0.15, 0.2) is 60.8 Å². The molecule has 112 valence electrons. The van der Waals surface area contributed by atoms with Gasteiger partial charge in [-0.3, -0.25) is 9.19 Å². The standard InChI is InChI=1S/C18H17NO2S/c20-11-14-6-8-15(9-7-14)12-22(21)13-17-4-1-3-16-5-2-10-19-18(16)17/h1-10,20H,11-13H2. The Hall–Kier alpha value is -2.04. The van der Waals surface area contributed by atoms with Crippen LogP contribution in [0.1, 0.15) is 16.7 Å². The van der Waals surface area contributed by atoms with Crippen LogP contribution in [0.25, 0.3) is 10.9 Å². The van der Waals surface area contributed by atoms with Crippen molar-refractivity contribution in [3.63, 3.8) is 0 Å². The van der Waals surface area contributed by atoms with E-state index in [0.29, 0.717) is 11.5 Å². The Kier molecular flexibility index (Phi) is 4.61. The number of hydrogen-bond donors (Lipinski definition) is 1. The van der Waals surface area contributed by atoms with E-state index in [1.54, 1.807) is 6.20 Å². The lowest BCUT2D eigenvalue weighted by molar-refractivity contribution is 0.282. The molecule has 1 aromatic heterocycles. The number of fused-ring (bicyclic) bond motifs is 1. The second-order valence-corrected chi connectivity index (χ2v) is 6.65. The summed E-state index contributed by atoms with van der Waals surface area (Å²) < 4.78 is 12.4. The third-order valence-electron chi connectivity index (χ3n) is 3.57. The molecule has 4 heteroatoms. The fourth-order valence-corrected chi connectivity index (χ4v) is 3.68. The first-order valence-electron chi connectivity index (χ1n) is 7.12. The van der Waals surface area contributed by atoms with Crippen molar-refractivity contribution in [1.82, 2.24) is 4.98 Å². The van der Waals surface area contributed by atoms with Crippen LogP contribution in [0.2, 0.25) is 0 Å². The van der Waals surface area contributed by atoms with Crippen molar-refractivity contribution in [3.8, 4) is 0 Å². The zero-order chi connectivity index (χ0) is 15.4. The molecule has 3 nitrogen and oxygen atoms in total. The zero-order valence-electron chi connectivity index (χ0n) is 12.1. The molecule has 0 saturated heterocycles. The van der Waals surface area contributed by atoms with E-state index >= 15 is 0 Å². The molecule has 0 aliphatic rings. The maximum atomic E-state index is 12.4. The fraction of sp³-hybridized carbons (Fsp3) is 0.167. The van der Waals surface area contributed by atoms with Crippen LogP contribution in [0.4, 0.5) is 0 Å². The van der Waals surface area contributed by atoms with E-state index in [9.17, 15) is 4.21 Å². The van der Waals surface area contributed by atoms with Crippen LogP contribution in [0, 0.1) is 0 Å². The van der Waals surface area contributed by atoms with Crippen LogP contribution in [0.3, 0.4) is 0 Å². The molecule has 1 N–H and O–H groups in total. The maximum absolute atomic E-state index is 12.4. The summed E-state index contributed by atoms with van der Waals surface area (Å²) in [7, 11) is -0.989. The average Bonchev–Trinajstić information content (AvgIpc) is 2.56. The average molecular weight is 311 g/mol. The Morgan fingerprint density at radius 3 is 2.41 bits per heavy atom. The van der Waals surface area contributed by atoms with Crippen molar-refractivity contribution in [2.45, 2.75) is 18.1 Å². The molecule has 0 spiro atoms. The van der Waals surface area contributed by atoms with E-state index < -0.39 is 10.8 Å². The summed E-state index contributed by atoms with van der Waals surface area (Å²) in [4.78, 5) is 4.40. The van der Waals surface area contributed by atoms with Crippen molar-refractivity contribution in [2.24, 2.45) is 0 Å². The van der Waals surface area contributed by atoms with Gasteiger partial charge in [0.25, 0.3) is 0 Å². The van der Waals surface area contributed by atoms with E-state index in [1.165, 1.54) is 0 Å². The summed E-state index contributed by atoms with van der Waals surface area (Å²) in [5.41, 5.74) is 3.83. The Bertz CT molecular complexity index is 794. The highest BCUT2D eigenvalue weighted by atomic mass is 32.2. The van der Waals surface area contributed by atoms with Gasteiger partial charge in [-0.1, -0.05) is 48.5 Å². The van der Waals surface area contributed by atoms with E-state index in [-0.39, 0.29) is 6.61 Å². The summed E-state index contributed by atoms with van der Waals surface area (Å²) in [5.74, 6) is 1.00. The van der Waals surface area contributed by atoms with Crippen LogP contribution >= 0.6 is 0 Å². The third-order valence-corrected chi connectivity index (χ3v) is 4.85. The second kappa shape index (κ2) is 6.81. The highest BCUT2D eigenvalue weighted by Crippen LogP contribution is 2.18. The second-order valence-electron chi connectivity index (χ2n) is 5.20. The number of aliphatic hydroxyl groups is 1. The number of aliphatic hydroxyl groups excluding tert-OH is 1. The number of hydrogen-bond acceptors (Lipinski definition) is 3. The number of rotatable bonds is 5. The summed E-state index contributed by atoms with van der Waals surface area (Å²) in [6.07, 6.45) is 1.77. The summed E-state index contributed by atoms with van der Waals surface area (Å²) in [5, 5.41) is 10.1. The predicted octanol–water partition coefficient (Wildman–Crippen LogP) is 3.18. The molecule has 0 aliphatic heterocycles. The molecule has 2 aromatic carbocycles. The van der Waals surface area contributed by atoms with Crippen molar-refractivity contribution in [3.05, 3.63) is 77.5 Å². The zero-order valence-corrected chi connectivity index (χ0v) is 12.9. The number of pyridine rings is 1. The number of benzene rings is 2. The van der Waals surface area contributed by atoms with Gasteiger partial charge in [0.1, 0.15) is 0 Å². The van der Waals surface area contributed by atoms with Gasteiger partial charge in [0, 0.05) is 28.1 Å². The van der Waals surface area contributed by atoms with E-state index in [2.05, 4.69) is 4.98 Å². The van der Waals surface area contributed by atoms with E-state index in [1.807, 2.05) is 54.6 Å². The van der Waals surface area contributed by atoms with Gasteiger partial charge in [0.2, 0.25) is 0 Å². The van der Waals surface area contributed by atoms with Crippen molar-refractivity contribution in [2.75, 3.05) is 0 Å². The quantitative estimate of drug-likeness (QED) is 0.787. The molecular formula is C18H17NO2S. The topological polar surface area (TPSA) is 50.2 Å². The van der Waals surface area contributed by atoms with Gasteiger partial charge in [0.15, 0.2) is 0 Å². The van der Waals surface area contributed by atoms with Gasteiger partial charge in [-0.2, -0.15) is 0 Å². The third kappa shape index (κ3) is 3.40. The first-order valence-corrected chi connectivity index (χ1v) is 8.61. The van der Waals surface area contributed by atoms with Crippen molar-refractivity contribution in [1.29, 1.82) is 0 Å². The van der Waals surface area contributed by atoms with Gasteiger partial charge in [-0.25, -0.2) is 0 Å². The minimum atomic E-state index is -0.989. The molecule has 3 rings (SSSR count). The molecule has 1 unspecified atom stereocenters. The lowest BCUT2D eigenvalue weighted by Gasteiger charge is -2.06. The van der Waals surface area contributed by atoms with Gasteiger partial charge in [-0.05, 0) is 22.8 Å². The molecular weight excluding hydrogens is 294 g/mol. The maximum Gasteiger partial charge on any atom is 0.0743 e. The van der Waals surface area contributed by atoms with Crippen molar-refractivity contribution >= 4 is 21.7 Å². The molecule has 0 amide bonds. The SMILES string of the molecule is O=S(Cc1ccc(CO)cc1)Cc1cccc2cccnc12. The molecule has 0 bridgehead atoms. The van der Waals surface area contributed by atoms with Crippen molar-refractivity contribution < 1.29 is 9.32 Å². The molecule has 0 saturated carbocycles. The summed E-state index contributed by atoms with van der Waals surface area (Å²) in [6, 6.07) is 17.5. The lowest BCUT2D eigenvalue weighted by atomic mass is 10.1. The molecule has 0 fully saturated rings. The summed E-state index contributed by atoms with van der Waals surface area (Å²) >= 11 is 0. The monoisotopic (exact) mass is 311 g/mol. The largest absolute Gasteiger partial charge is 0.392 e. The highest BCUT2D eigenvalue weighted by molar-refractivity contribution is 7.83. The van der Waals surface area contributed by atoms with E-state index in [0.717, 1.165) is 27.6 Å². The Balaban J connectivity index is 1.75. The summed E-state index contributed by atoms with van der Waals surface area (Å²) in [6.45, 7) is 0.0328. The van der Waals surface area contributed by atoms with E-state index in [4.69, 9.17) is 5.11 Å². The normalized spacial score (nSPS) is 12.4. The number of aromatic nitrogens is 1. The molecule has 0 aliphatic carbocycles. The molecule has 3 aromatic rings. The number of nitrogens with zero attached hydrogens (tertiary/aromatic N) is 1. The molecule has 0 radical (unpaired) electrons. The molecule has 1 heterocycles. The van der Waals surface area contributed by atoms with Gasteiger partial charge in [-0.15, -0.1) is 0 Å². The number of para-hydroxylation sites is 1.